The molecule has 0 radical (unpaired) electrons. The van der Waals surface area contributed by atoms with Gasteiger partial charge in [-0.1, -0.05) is 18.2 Å². The minimum atomic E-state index is -0.695. The smallest absolute Gasteiger partial charge is 0.266 e. The first-order valence-electron chi connectivity index (χ1n) is 12.0. The van der Waals surface area contributed by atoms with Crippen LogP contribution in [0.2, 0.25) is 0 Å². The summed E-state index contributed by atoms with van der Waals surface area (Å²) in [6.45, 7) is 2.46. The average molecular weight is 524 g/mol. The molecular formula is C29H25N5O3S. The average Bonchev–Trinajstić information content (AvgIpc) is 3.40. The van der Waals surface area contributed by atoms with E-state index in [0.717, 1.165) is 34.0 Å². The lowest BCUT2D eigenvalue weighted by Gasteiger charge is -2.37. The molecule has 9 heteroatoms. The summed E-state index contributed by atoms with van der Waals surface area (Å²) in [4.78, 5) is 14.8. The van der Waals surface area contributed by atoms with Gasteiger partial charge in [-0.15, -0.1) is 12.6 Å². The predicted octanol–water partition coefficient (Wildman–Crippen LogP) is 5.25. The van der Waals surface area contributed by atoms with E-state index in [1.165, 1.54) is 0 Å². The van der Waals surface area contributed by atoms with Gasteiger partial charge in [0, 0.05) is 23.0 Å². The van der Waals surface area contributed by atoms with Crippen molar-refractivity contribution in [1.82, 2.24) is 15.1 Å². The molecule has 0 saturated carbocycles. The lowest BCUT2D eigenvalue weighted by atomic mass is 10.0. The number of nitrogens with zero attached hydrogens (tertiary/aromatic N) is 4. The van der Waals surface area contributed by atoms with E-state index in [2.05, 4.69) is 17.9 Å². The second kappa shape index (κ2) is 10.7. The topological polar surface area (TPSA) is 92.4 Å². The number of anilines is 1. The van der Waals surface area contributed by atoms with E-state index in [0.29, 0.717) is 12.3 Å². The highest BCUT2D eigenvalue weighted by Crippen LogP contribution is 2.40. The van der Waals surface area contributed by atoms with Gasteiger partial charge in [0.2, 0.25) is 0 Å². The Hall–Kier alpha value is -4.68. The molecular weight excluding hydrogens is 498 g/mol. The Labute approximate surface area is 226 Å². The molecule has 0 saturated heterocycles. The van der Waals surface area contributed by atoms with E-state index in [1.54, 1.807) is 11.8 Å². The Kier molecular flexibility index (Phi) is 7.07. The number of carbonyl (C=O) groups is 1. The third-order valence-corrected chi connectivity index (χ3v) is 6.60. The third kappa shape index (κ3) is 4.69. The molecule has 0 bridgehead atoms. The van der Waals surface area contributed by atoms with Crippen LogP contribution in [0.5, 0.6) is 11.5 Å². The molecule has 1 aromatic heterocycles. The third-order valence-electron chi connectivity index (χ3n) is 6.16. The van der Waals surface area contributed by atoms with Crippen molar-refractivity contribution in [3.05, 3.63) is 101 Å². The van der Waals surface area contributed by atoms with Gasteiger partial charge in [-0.25, -0.2) is 4.68 Å². The van der Waals surface area contributed by atoms with Crippen LogP contribution in [0.3, 0.4) is 0 Å². The van der Waals surface area contributed by atoms with Crippen LogP contribution in [0.4, 0.5) is 5.69 Å². The fourth-order valence-electron chi connectivity index (χ4n) is 4.34. The summed E-state index contributed by atoms with van der Waals surface area (Å²) in [5.74, 6) is 0.937. The lowest BCUT2D eigenvalue weighted by Crippen LogP contribution is -2.46. The normalized spacial score (nSPS) is 15.2. The maximum Gasteiger partial charge on any atom is 0.266 e. The number of amides is 1. The number of carbonyl (C=O) groups excluding carboxylic acids is 1. The van der Waals surface area contributed by atoms with Crippen molar-refractivity contribution < 1.29 is 14.3 Å². The molecule has 0 fully saturated rings. The van der Waals surface area contributed by atoms with Crippen LogP contribution in [0.1, 0.15) is 18.7 Å². The molecule has 0 aliphatic carbocycles. The van der Waals surface area contributed by atoms with E-state index >= 15 is 0 Å². The number of para-hydroxylation sites is 1. The van der Waals surface area contributed by atoms with Crippen molar-refractivity contribution in [3.8, 4) is 34.5 Å². The molecule has 1 N–H and O–H groups in total. The van der Waals surface area contributed by atoms with Crippen molar-refractivity contribution in [3.63, 3.8) is 0 Å². The number of benzene rings is 3. The number of rotatable bonds is 7. The van der Waals surface area contributed by atoms with Crippen LogP contribution in [-0.2, 0) is 4.79 Å². The minimum Gasteiger partial charge on any atom is -0.497 e. The van der Waals surface area contributed by atoms with Gasteiger partial charge in [-0.05, 0) is 67.6 Å². The van der Waals surface area contributed by atoms with Crippen LogP contribution in [-0.4, -0.2) is 29.4 Å². The van der Waals surface area contributed by atoms with Crippen LogP contribution >= 0.6 is 12.6 Å². The fraction of sp³-hybridized carbons (Fsp3) is 0.138. The lowest BCUT2D eigenvalue weighted by molar-refractivity contribution is -0.118. The predicted molar refractivity (Wildman–Crippen MR) is 148 cm³/mol. The summed E-state index contributed by atoms with van der Waals surface area (Å²) in [6.07, 6.45) is 1.19. The number of aromatic nitrogens is 2. The molecule has 8 nitrogen and oxygen atoms in total. The summed E-state index contributed by atoms with van der Waals surface area (Å²) in [7, 11) is 1.62. The van der Waals surface area contributed by atoms with E-state index in [-0.39, 0.29) is 10.6 Å². The number of nitrogens with one attached hydrogen (secondary N) is 1. The number of hydrogen-bond donors (Lipinski definition) is 2. The first kappa shape index (κ1) is 25.0. The molecule has 190 valence electrons. The van der Waals surface area contributed by atoms with Crippen LogP contribution < -0.4 is 19.7 Å². The summed E-state index contributed by atoms with van der Waals surface area (Å²) >= 11 is 4.65. The van der Waals surface area contributed by atoms with E-state index in [1.807, 2.05) is 103 Å². The molecule has 2 heterocycles. The zero-order valence-corrected chi connectivity index (χ0v) is 21.7. The molecule has 4 aromatic rings. The van der Waals surface area contributed by atoms with Crippen molar-refractivity contribution in [1.29, 1.82) is 5.26 Å². The summed E-state index contributed by atoms with van der Waals surface area (Å²) in [6, 6.07) is 26.7. The SMILES string of the molecule is CCOc1ccc(N2C(S)=C(C#N)C(=O)NC2c2cn(-c3ccccc3)nc2-c2ccc(OC)cc2)cc1. The zero-order valence-electron chi connectivity index (χ0n) is 20.8. The van der Waals surface area contributed by atoms with E-state index in [9.17, 15) is 10.1 Å². The number of thiol groups is 1. The number of ether oxygens (including phenoxy) is 2. The fourth-order valence-corrected chi connectivity index (χ4v) is 4.72. The highest BCUT2D eigenvalue weighted by molar-refractivity contribution is 7.84. The van der Waals surface area contributed by atoms with Crippen LogP contribution in [0.15, 0.2) is 95.7 Å². The summed E-state index contributed by atoms with van der Waals surface area (Å²) in [5.41, 5.74) is 3.75. The van der Waals surface area contributed by atoms with Gasteiger partial charge in [0.1, 0.15) is 29.3 Å². The van der Waals surface area contributed by atoms with Crippen molar-refractivity contribution in [2.75, 3.05) is 18.6 Å². The van der Waals surface area contributed by atoms with Crippen molar-refractivity contribution in [2.45, 2.75) is 13.1 Å². The van der Waals surface area contributed by atoms with Gasteiger partial charge >= 0.3 is 0 Å². The van der Waals surface area contributed by atoms with Gasteiger partial charge in [0.05, 0.1) is 30.1 Å². The Morgan fingerprint density at radius 3 is 2.32 bits per heavy atom. The number of methoxy groups -OCH3 is 1. The largest absolute Gasteiger partial charge is 0.497 e. The second-order valence-corrected chi connectivity index (χ2v) is 8.85. The molecule has 1 aliphatic heterocycles. The first-order chi connectivity index (χ1) is 18.5. The van der Waals surface area contributed by atoms with Gasteiger partial charge in [0.25, 0.3) is 5.91 Å². The Bertz CT molecular complexity index is 1520. The zero-order chi connectivity index (χ0) is 26.6. The van der Waals surface area contributed by atoms with Gasteiger partial charge in [-0.2, -0.15) is 10.4 Å². The Morgan fingerprint density at radius 1 is 1.00 bits per heavy atom. The highest BCUT2D eigenvalue weighted by Gasteiger charge is 2.36. The number of hydrogen-bond acceptors (Lipinski definition) is 7. The number of nitriles is 1. The molecule has 1 atom stereocenters. The van der Waals surface area contributed by atoms with Crippen molar-refractivity contribution >= 4 is 24.2 Å². The Morgan fingerprint density at radius 2 is 1.68 bits per heavy atom. The molecule has 1 amide bonds. The van der Waals surface area contributed by atoms with Gasteiger partial charge < -0.3 is 19.7 Å². The maximum atomic E-state index is 13.0. The Balaban J connectivity index is 1.69. The molecule has 38 heavy (non-hydrogen) atoms. The van der Waals surface area contributed by atoms with Gasteiger partial charge in [-0.3, -0.25) is 4.79 Å². The molecule has 0 spiro atoms. The molecule has 1 unspecified atom stereocenters. The molecule has 1 aliphatic rings. The van der Waals surface area contributed by atoms with E-state index in [4.69, 9.17) is 14.6 Å². The highest BCUT2D eigenvalue weighted by atomic mass is 32.1. The molecule has 3 aromatic carbocycles. The molecule has 5 rings (SSSR count). The minimum absolute atomic E-state index is 0.0695. The van der Waals surface area contributed by atoms with E-state index < -0.39 is 12.1 Å². The standard InChI is InChI=1S/C29H25N5O3S/c1-3-37-23-15-11-21(12-16-23)34-27(31-28(35)24(17-30)29(34)38)25-18-33(20-7-5-4-6-8-20)32-26(25)19-9-13-22(36-2)14-10-19/h4-16,18,27,38H,3H2,1-2H3,(H,31,35). The van der Waals surface area contributed by atoms with Crippen molar-refractivity contribution in [2.24, 2.45) is 0 Å². The van der Waals surface area contributed by atoms with Crippen LogP contribution in [0.25, 0.3) is 16.9 Å². The first-order valence-corrected chi connectivity index (χ1v) is 12.4. The monoisotopic (exact) mass is 523 g/mol. The second-order valence-electron chi connectivity index (χ2n) is 8.42. The summed E-state index contributed by atoms with van der Waals surface area (Å²) < 4.78 is 12.7. The quantitative estimate of drug-likeness (QED) is 0.322. The summed E-state index contributed by atoms with van der Waals surface area (Å²) in [5, 5.41) is 17.9. The van der Waals surface area contributed by atoms with Gasteiger partial charge in [0.15, 0.2) is 0 Å². The maximum absolute atomic E-state index is 13.0. The van der Waals surface area contributed by atoms with Crippen LogP contribution in [0, 0.1) is 11.3 Å².